The van der Waals surface area contributed by atoms with E-state index in [2.05, 4.69) is 10.4 Å². The number of piperidine rings is 1. The summed E-state index contributed by atoms with van der Waals surface area (Å²) in [5.74, 6) is -0.387. The quantitative estimate of drug-likeness (QED) is 0.321. The summed E-state index contributed by atoms with van der Waals surface area (Å²) in [5.41, 5.74) is 4.71. The van der Waals surface area contributed by atoms with Gasteiger partial charge in [-0.15, -0.1) is 11.8 Å². The van der Waals surface area contributed by atoms with E-state index in [1.165, 1.54) is 0 Å². The van der Waals surface area contributed by atoms with Gasteiger partial charge in [-0.05, 0) is 81.3 Å². The summed E-state index contributed by atoms with van der Waals surface area (Å²) < 4.78 is 30.5. The van der Waals surface area contributed by atoms with E-state index < -0.39 is 10.0 Å². The van der Waals surface area contributed by atoms with E-state index in [9.17, 15) is 13.2 Å². The van der Waals surface area contributed by atoms with E-state index in [1.54, 1.807) is 39.6 Å². The number of fused-ring (bicyclic) bond motifs is 1. The molecular weight excluding hydrogens is 518 g/mol. The minimum Gasteiger partial charge on any atom is -0.321 e. The molecule has 0 aliphatic carbocycles. The summed E-state index contributed by atoms with van der Waals surface area (Å²) in [5, 5.41) is 7.61. The van der Waals surface area contributed by atoms with Gasteiger partial charge in [0.15, 0.2) is 11.3 Å². The molecule has 0 spiro atoms. The zero-order valence-corrected chi connectivity index (χ0v) is 23.6. The normalized spacial score (nSPS) is 14.6. The van der Waals surface area contributed by atoms with Crippen LogP contribution in [0.25, 0.3) is 16.8 Å². The Kier molecular flexibility index (Phi) is 7.30. The lowest BCUT2D eigenvalue weighted by atomic mass is 10.0. The number of rotatable bonds is 6. The Morgan fingerprint density at radius 2 is 1.76 bits per heavy atom. The topological polar surface area (TPSA) is 96.7 Å². The van der Waals surface area contributed by atoms with Crippen LogP contribution in [0, 0.1) is 20.8 Å². The number of thioether (sulfide) groups is 1. The lowest BCUT2D eigenvalue weighted by molar-refractivity contribution is 0.102. The number of amides is 1. The average Bonchev–Trinajstić information content (AvgIpc) is 3.29. The predicted molar refractivity (Wildman–Crippen MR) is 151 cm³/mol. The van der Waals surface area contributed by atoms with Crippen molar-refractivity contribution >= 4 is 39.0 Å². The van der Waals surface area contributed by atoms with Gasteiger partial charge < -0.3 is 5.32 Å². The number of anilines is 1. The molecule has 1 aliphatic rings. The zero-order valence-electron chi connectivity index (χ0n) is 22.0. The van der Waals surface area contributed by atoms with Gasteiger partial charge in [-0.25, -0.2) is 17.9 Å². The zero-order chi connectivity index (χ0) is 27.0. The molecule has 10 heteroatoms. The Bertz CT molecular complexity index is 1640. The highest BCUT2D eigenvalue weighted by molar-refractivity contribution is 7.98. The standard InChI is InChI=1S/C28H31N5O3S2/c1-18-11-12-21(16-24(18)38(35,36)32-13-6-5-7-14-32)25-26(31-33-20(3)15-19(2)29-27(25)33)28(34)30-22-9-8-10-23(17-22)37-4/h8-12,15-17H,5-7,13-14H2,1-4H3,(H,30,34). The van der Waals surface area contributed by atoms with E-state index in [4.69, 9.17) is 4.98 Å². The van der Waals surface area contributed by atoms with E-state index in [-0.39, 0.29) is 16.5 Å². The largest absolute Gasteiger partial charge is 0.321 e. The van der Waals surface area contributed by atoms with Crippen molar-refractivity contribution < 1.29 is 13.2 Å². The molecule has 0 bridgehead atoms. The number of hydrogen-bond acceptors (Lipinski definition) is 6. The Morgan fingerprint density at radius 3 is 2.50 bits per heavy atom. The number of nitrogens with one attached hydrogen (secondary N) is 1. The number of carbonyl (C=O) groups excluding carboxylic acids is 1. The Labute approximate surface area is 227 Å². The first-order chi connectivity index (χ1) is 18.2. The average molecular weight is 550 g/mol. The van der Waals surface area contributed by atoms with Crippen LogP contribution in [0.5, 0.6) is 0 Å². The maximum atomic E-state index is 13.6. The third-order valence-electron chi connectivity index (χ3n) is 6.85. The van der Waals surface area contributed by atoms with Crippen LogP contribution in [0.4, 0.5) is 5.69 Å². The van der Waals surface area contributed by atoms with Gasteiger partial charge in [0, 0.05) is 35.1 Å². The molecule has 0 radical (unpaired) electrons. The first-order valence-corrected chi connectivity index (χ1v) is 15.3. The molecule has 1 saturated heterocycles. The van der Waals surface area contributed by atoms with Crippen molar-refractivity contribution in [2.75, 3.05) is 24.7 Å². The second-order valence-electron chi connectivity index (χ2n) is 9.63. The SMILES string of the molecule is CSc1cccc(NC(=O)c2nn3c(C)cc(C)nc3c2-c2ccc(C)c(S(=O)(=O)N3CCCCC3)c2)c1. The molecule has 0 atom stereocenters. The van der Waals surface area contributed by atoms with Crippen molar-refractivity contribution in [3.63, 3.8) is 0 Å². The van der Waals surface area contributed by atoms with Crippen LogP contribution in [0.2, 0.25) is 0 Å². The summed E-state index contributed by atoms with van der Waals surface area (Å²) in [7, 11) is -3.68. The van der Waals surface area contributed by atoms with Crippen molar-refractivity contribution in [3.05, 3.63) is 71.2 Å². The van der Waals surface area contributed by atoms with Crippen molar-refractivity contribution in [3.8, 4) is 11.1 Å². The smallest absolute Gasteiger partial charge is 0.276 e. The first-order valence-electron chi connectivity index (χ1n) is 12.6. The second-order valence-corrected chi connectivity index (χ2v) is 12.4. The fraction of sp³-hybridized carbons (Fsp3) is 0.321. The van der Waals surface area contributed by atoms with Gasteiger partial charge in [-0.3, -0.25) is 4.79 Å². The molecule has 2 aromatic heterocycles. The fourth-order valence-electron chi connectivity index (χ4n) is 4.91. The number of nitrogens with zero attached hydrogens (tertiary/aromatic N) is 4. The van der Waals surface area contributed by atoms with Gasteiger partial charge in [0.2, 0.25) is 10.0 Å². The Hall–Kier alpha value is -3.21. The van der Waals surface area contributed by atoms with Crippen molar-refractivity contribution in [2.45, 2.75) is 49.8 Å². The van der Waals surface area contributed by atoms with Crippen LogP contribution in [-0.2, 0) is 10.0 Å². The molecule has 0 unspecified atom stereocenters. The molecule has 5 rings (SSSR count). The van der Waals surface area contributed by atoms with Gasteiger partial charge >= 0.3 is 0 Å². The third-order valence-corrected chi connectivity index (χ3v) is 9.61. The van der Waals surface area contributed by atoms with Gasteiger partial charge in [-0.1, -0.05) is 24.6 Å². The van der Waals surface area contributed by atoms with Crippen LogP contribution in [0.1, 0.15) is 46.7 Å². The molecule has 1 aliphatic heterocycles. The number of aromatic nitrogens is 3. The maximum Gasteiger partial charge on any atom is 0.276 e. The summed E-state index contributed by atoms with van der Waals surface area (Å²) in [6, 6.07) is 14.8. The minimum absolute atomic E-state index is 0.186. The molecule has 1 amide bonds. The van der Waals surface area contributed by atoms with E-state index >= 15 is 0 Å². The van der Waals surface area contributed by atoms with Crippen molar-refractivity contribution in [1.29, 1.82) is 0 Å². The number of aryl methyl sites for hydroxylation is 3. The first kappa shape index (κ1) is 26.4. The molecule has 1 fully saturated rings. The monoisotopic (exact) mass is 549 g/mol. The van der Waals surface area contributed by atoms with Crippen LogP contribution in [0.15, 0.2) is 58.3 Å². The highest BCUT2D eigenvalue weighted by Gasteiger charge is 2.29. The predicted octanol–water partition coefficient (Wildman–Crippen LogP) is 5.47. The Balaban J connectivity index is 1.66. The van der Waals surface area contributed by atoms with Gasteiger partial charge in [0.25, 0.3) is 5.91 Å². The highest BCUT2D eigenvalue weighted by Crippen LogP contribution is 2.33. The minimum atomic E-state index is -3.68. The molecule has 1 N–H and O–H groups in total. The maximum absolute atomic E-state index is 13.6. The molecular formula is C28H31N5O3S2. The highest BCUT2D eigenvalue weighted by atomic mass is 32.2. The summed E-state index contributed by atoms with van der Waals surface area (Å²) >= 11 is 1.59. The molecule has 8 nitrogen and oxygen atoms in total. The Morgan fingerprint density at radius 1 is 1.00 bits per heavy atom. The van der Waals surface area contributed by atoms with Crippen molar-refractivity contribution in [2.24, 2.45) is 0 Å². The fourth-order valence-corrected chi connectivity index (χ4v) is 7.14. The lowest BCUT2D eigenvalue weighted by Crippen LogP contribution is -2.35. The number of carbonyl (C=O) groups is 1. The molecule has 38 heavy (non-hydrogen) atoms. The van der Waals surface area contributed by atoms with Crippen LogP contribution in [0.3, 0.4) is 0 Å². The van der Waals surface area contributed by atoms with Gasteiger partial charge in [0.05, 0.1) is 10.5 Å². The van der Waals surface area contributed by atoms with E-state index in [0.717, 1.165) is 35.5 Å². The molecule has 4 aromatic rings. The van der Waals surface area contributed by atoms with Crippen LogP contribution in [-0.4, -0.2) is 52.6 Å². The van der Waals surface area contributed by atoms with Crippen molar-refractivity contribution in [1.82, 2.24) is 18.9 Å². The molecule has 3 heterocycles. The number of sulfonamides is 1. The number of hydrogen-bond donors (Lipinski definition) is 1. The van der Waals surface area contributed by atoms with Gasteiger partial charge in [0.1, 0.15) is 0 Å². The molecule has 198 valence electrons. The van der Waals surface area contributed by atoms with Gasteiger partial charge in [-0.2, -0.15) is 9.40 Å². The van der Waals surface area contributed by atoms with E-state index in [0.29, 0.717) is 41.1 Å². The lowest BCUT2D eigenvalue weighted by Gasteiger charge is -2.26. The summed E-state index contributed by atoms with van der Waals surface area (Å²) in [6.07, 6.45) is 4.73. The summed E-state index contributed by atoms with van der Waals surface area (Å²) in [4.78, 5) is 19.6. The van der Waals surface area contributed by atoms with Crippen LogP contribution < -0.4 is 5.32 Å². The van der Waals surface area contributed by atoms with Crippen LogP contribution >= 0.6 is 11.8 Å². The molecule has 2 aromatic carbocycles. The molecule has 0 saturated carbocycles. The second kappa shape index (κ2) is 10.5. The summed E-state index contributed by atoms with van der Waals surface area (Å²) in [6.45, 7) is 6.63. The third kappa shape index (κ3) is 4.95. The number of benzene rings is 2. The van der Waals surface area contributed by atoms with E-state index in [1.807, 2.05) is 56.5 Å².